The lowest BCUT2D eigenvalue weighted by atomic mass is 10.1. The molecule has 1 amide bonds. The molecule has 120 valence electrons. The van der Waals surface area contributed by atoms with Crippen LogP contribution in [0.1, 0.15) is 16.2 Å². The van der Waals surface area contributed by atoms with E-state index < -0.39 is 0 Å². The van der Waals surface area contributed by atoms with Gasteiger partial charge in [0.25, 0.3) is 5.91 Å². The molecule has 4 nitrogen and oxygen atoms in total. The number of carbonyl (C=O) groups is 1. The summed E-state index contributed by atoms with van der Waals surface area (Å²) in [5.74, 6) is 0.334. The lowest BCUT2D eigenvalue weighted by Crippen LogP contribution is -2.13. The number of aromatic nitrogens is 2. The van der Waals surface area contributed by atoms with Crippen molar-refractivity contribution in [1.29, 1.82) is 0 Å². The van der Waals surface area contributed by atoms with Gasteiger partial charge in [-0.1, -0.05) is 22.0 Å². The van der Waals surface area contributed by atoms with Gasteiger partial charge in [0.1, 0.15) is 17.5 Å². The summed E-state index contributed by atoms with van der Waals surface area (Å²) < 4.78 is 13.9. The van der Waals surface area contributed by atoms with Crippen LogP contribution in [0.15, 0.2) is 59.1 Å². The molecule has 0 saturated heterocycles. The van der Waals surface area contributed by atoms with Crippen LogP contribution in [0.5, 0.6) is 0 Å². The molecule has 0 atom stereocenters. The van der Waals surface area contributed by atoms with Gasteiger partial charge in [0, 0.05) is 21.7 Å². The molecule has 0 aliphatic carbocycles. The maximum atomic E-state index is 13.1. The van der Waals surface area contributed by atoms with Crippen molar-refractivity contribution in [3.8, 4) is 11.3 Å². The Morgan fingerprint density at radius 2 is 1.83 bits per heavy atom. The summed E-state index contributed by atoms with van der Waals surface area (Å²) in [6.07, 6.45) is 0. The summed E-state index contributed by atoms with van der Waals surface area (Å²) in [5.41, 5.74) is 1.89. The first-order chi connectivity index (χ1) is 11.5. The Labute approximate surface area is 146 Å². The predicted molar refractivity (Wildman–Crippen MR) is 94.3 cm³/mol. The SMILES string of the molecule is Cc1nc(NC(=O)c2cccc(Br)c2)cc(-c2ccc(F)cc2)n1. The summed E-state index contributed by atoms with van der Waals surface area (Å²) in [4.78, 5) is 20.9. The third kappa shape index (κ3) is 3.83. The number of carbonyl (C=O) groups excluding carboxylic acids is 1. The standard InChI is InChI=1S/C18H13BrFN3O/c1-11-21-16(12-5-7-15(20)8-6-12)10-17(22-11)23-18(24)13-3-2-4-14(19)9-13/h2-10H,1H3,(H,21,22,23,24). The molecule has 1 heterocycles. The van der Waals surface area contributed by atoms with E-state index in [0.29, 0.717) is 22.9 Å². The second-order valence-corrected chi connectivity index (χ2v) is 6.07. The van der Waals surface area contributed by atoms with E-state index in [1.54, 1.807) is 43.3 Å². The van der Waals surface area contributed by atoms with Crippen molar-refractivity contribution in [1.82, 2.24) is 9.97 Å². The molecule has 0 aliphatic heterocycles. The van der Waals surface area contributed by atoms with Crippen LogP contribution in [-0.2, 0) is 0 Å². The monoisotopic (exact) mass is 385 g/mol. The summed E-state index contributed by atoms with van der Waals surface area (Å²) in [6, 6.07) is 14.7. The van der Waals surface area contributed by atoms with Gasteiger partial charge in [-0.2, -0.15) is 0 Å². The Balaban J connectivity index is 1.89. The van der Waals surface area contributed by atoms with E-state index >= 15 is 0 Å². The van der Waals surface area contributed by atoms with Crippen molar-refractivity contribution in [3.05, 3.63) is 76.3 Å². The number of aryl methyl sites for hydroxylation is 1. The van der Waals surface area contributed by atoms with Gasteiger partial charge in [0.15, 0.2) is 0 Å². The molecular formula is C18H13BrFN3O. The fourth-order valence-corrected chi connectivity index (χ4v) is 2.62. The fourth-order valence-electron chi connectivity index (χ4n) is 2.22. The Hall–Kier alpha value is -2.60. The van der Waals surface area contributed by atoms with Crippen LogP contribution < -0.4 is 5.32 Å². The van der Waals surface area contributed by atoms with Crippen LogP contribution in [-0.4, -0.2) is 15.9 Å². The third-order valence-corrected chi connectivity index (χ3v) is 3.80. The molecule has 2 aromatic carbocycles. The van der Waals surface area contributed by atoms with Gasteiger partial charge in [-0.3, -0.25) is 4.79 Å². The molecule has 0 unspecified atom stereocenters. The first-order valence-electron chi connectivity index (χ1n) is 7.20. The zero-order valence-corrected chi connectivity index (χ0v) is 14.3. The smallest absolute Gasteiger partial charge is 0.256 e. The van der Waals surface area contributed by atoms with Gasteiger partial charge in [0.2, 0.25) is 0 Å². The lowest BCUT2D eigenvalue weighted by molar-refractivity contribution is 0.102. The number of nitrogens with zero attached hydrogens (tertiary/aromatic N) is 2. The van der Waals surface area contributed by atoms with Crippen LogP contribution in [0.2, 0.25) is 0 Å². The quantitative estimate of drug-likeness (QED) is 0.716. The molecule has 0 radical (unpaired) electrons. The van der Waals surface area contributed by atoms with E-state index in [9.17, 15) is 9.18 Å². The van der Waals surface area contributed by atoms with Crippen LogP contribution in [0.4, 0.5) is 10.2 Å². The average Bonchev–Trinajstić information content (AvgIpc) is 2.55. The van der Waals surface area contributed by atoms with Gasteiger partial charge >= 0.3 is 0 Å². The van der Waals surface area contributed by atoms with Crippen molar-refractivity contribution in [3.63, 3.8) is 0 Å². The molecule has 0 spiro atoms. The van der Waals surface area contributed by atoms with Gasteiger partial charge < -0.3 is 5.32 Å². The Kier molecular flexibility index (Phi) is 4.66. The van der Waals surface area contributed by atoms with Crippen molar-refractivity contribution in [2.45, 2.75) is 6.92 Å². The number of hydrogen-bond acceptors (Lipinski definition) is 3. The number of anilines is 1. The molecular weight excluding hydrogens is 373 g/mol. The topological polar surface area (TPSA) is 54.9 Å². The van der Waals surface area contributed by atoms with E-state index in [1.165, 1.54) is 12.1 Å². The highest BCUT2D eigenvalue weighted by molar-refractivity contribution is 9.10. The predicted octanol–water partition coefficient (Wildman–Crippen LogP) is 4.61. The van der Waals surface area contributed by atoms with Gasteiger partial charge in [0.05, 0.1) is 5.69 Å². The highest BCUT2D eigenvalue weighted by atomic mass is 79.9. The molecule has 24 heavy (non-hydrogen) atoms. The van der Waals surface area contributed by atoms with E-state index in [-0.39, 0.29) is 11.7 Å². The first kappa shape index (κ1) is 16.3. The highest BCUT2D eigenvalue weighted by Gasteiger charge is 2.10. The van der Waals surface area contributed by atoms with E-state index in [1.807, 2.05) is 6.07 Å². The Bertz CT molecular complexity index is 897. The normalized spacial score (nSPS) is 10.5. The molecule has 1 aromatic heterocycles. The van der Waals surface area contributed by atoms with E-state index in [4.69, 9.17) is 0 Å². The molecule has 6 heteroatoms. The van der Waals surface area contributed by atoms with Crippen molar-refractivity contribution < 1.29 is 9.18 Å². The minimum absolute atomic E-state index is 0.264. The maximum Gasteiger partial charge on any atom is 0.256 e. The number of hydrogen-bond donors (Lipinski definition) is 1. The number of amides is 1. The summed E-state index contributed by atoms with van der Waals surface area (Å²) in [6.45, 7) is 1.74. The summed E-state index contributed by atoms with van der Waals surface area (Å²) in [7, 11) is 0. The Morgan fingerprint density at radius 1 is 1.08 bits per heavy atom. The number of benzene rings is 2. The number of nitrogens with one attached hydrogen (secondary N) is 1. The van der Waals surface area contributed by atoms with Crippen LogP contribution >= 0.6 is 15.9 Å². The van der Waals surface area contributed by atoms with Crippen molar-refractivity contribution in [2.75, 3.05) is 5.32 Å². The molecule has 3 rings (SSSR count). The highest BCUT2D eigenvalue weighted by Crippen LogP contribution is 2.21. The zero-order chi connectivity index (χ0) is 17.1. The Morgan fingerprint density at radius 3 is 2.54 bits per heavy atom. The van der Waals surface area contributed by atoms with Crippen molar-refractivity contribution in [2.24, 2.45) is 0 Å². The number of rotatable bonds is 3. The van der Waals surface area contributed by atoms with Gasteiger partial charge in [-0.15, -0.1) is 0 Å². The van der Waals surface area contributed by atoms with E-state index in [0.717, 1.165) is 10.0 Å². The molecule has 0 bridgehead atoms. The van der Waals surface area contributed by atoms with Crippen molar-refractivity contribution >= 4 is 27.7 Å². The van der Waals surface area contributed by atoms with Crippen LogP contribution in [0.3, 0.4) is 0 Å². The zero-order valence-electron chi connectivity index (χ0n) is 12.8. The van der Waals surface area contributed by atoms with Gasteiger partial charge in [-0.25, -0.2) is 14.4 Å². The van der Waals surface area contributed by atoms with Gasteiger partial charge in [-0.05, 0) is 49.4 Å². The molecule has 0 fully saturated rings. The first-order valence-corrected chi connectivity index (χ1v) is 7.99. The molecule has 0 saturated carbocycles. The largest absolute Gasteiger partial charge is 0.306 e. The second-order valence-electron chi connectivity index (χ2n) is 5.16. The summed E-state index contributed by atoms with van der Waals surface area (Å²) in [5, 5.41) is 2.76. The fraction of sp³-hybridized carbons (Fsp3) is 0.0556. The third-order valence-electron chi connectivity index (χ3n) is 3.31. The van der Waals surface area contributed by atoms with Crippen LogP contribution in [0.25, 0.3) is 11.3 Å². The summed E-state index contributed by atoms with van der Waals surface area (Å²) >= 11 is 3.34. The average molecular weight is 386 g/mol. The second kappa shape index (κ2) is 6.88. The van der Waals surface area contributed by atoms with Crippen LogP contribution in [0, 0.1) is 12.7 Å². The molecule has 0 aliphatic rings. The minimum atomic E-state index is -0.312. The molecule has 1 N–H and O–H groups in total. The maximum absolute atomic E-state index is 13.1. The van der Waals surface area contributed by atoms with E-state index in [2.05, 4.69) is 31.2 Å². The number of halogens is 2. The molecule has 3 aromatic rings. The lowest BCUT2D eigenvalue weighted by Gasteiger charge is -2.08. The minimum Gasteiger partial charge on any atom is -0.306 e.